The van der Waals surface area contributed by atoms with E-state index in [1.165, 1.54) is 24.0 Å². The zero-order valence-corrected chi connectivity index (χ0v) is 13.9. The minimum Gasteiger partial charge on any atom is -0.381 e. The molecular formula is C15H17F3N6O2. The lowest BCUT2D eigenvalue weighted by molar-refractivity contribution is -0.137. The highest BCUT2D eigenvalue weighted by atomic mass is 19.4. The SMILES string of the molecule is CNc1ncc(C(F)(F)F)c(Nc2cnn(C3CCOCC3)c(=O)c2)n1. The second-order valence-corrected chi connectivity index (χ2v) is 5.70. The van der Waals surface area contributed by atoms with Gasteiger partial charge in [-0.15, -0.1) is 0 Å². The lowest BCUT2D eigenvalue weighted by Crippen LogP contribution is -2.30. The number of ether oxygens (including phenoxy) is 1. The third-order valence-corrected chi connectivity index (χ3v) is 3.94. The number of halogens is 3. The summed E-state index contributed by atoms with van der Waals surface area (Å²) in [5, 5.41) is 9.16. The smallest absolute Gasteiger partial charge is 0.381 e. The van der Waals surface area contributed by atoms with Crippen LogP contribution in [0.5, 0.6) is 0 Å². The Morgan fingerprint density at radius 3 is 2.62 bits per heavy atom. The first kappa shape index (κ1) is 18.1. The molecule has 0 spiro atoms. The van der Waals surface area contributed by atoms with E-state index in [1.807, 2.05) is 0 Å². The van der Waals surface area contributed by atoms with E-state index < -0.39 is 23.1 Å². The molecule has 3 rings (SSSR count). The van der Waals surface area contributed by atoms with Gasteiger partial charge < -0.3 is 15.4 Å². The van der Waals surface area contributed by atoms with Crippen LogP contribution in [0.4, 0.5) is 30.6 Å². The lowest BCUT2D eigenvalue weighted by atomic mass is 10.1. The highest BCUT2D eigenvalue weighted by Crippen LogP contribution is 2.34. The summed E-state index contributed by atoms with van der Waals surface area (Å²) >= 11 is 0. The molecule has 26 heavy (non-hydrogen) atoms. The lowest BCUT2D eigenvalue weighted by Gasteiger charge is -2.23. The predicted octanol–water partition coefficient (Wildman–Crippen LogP) is 2.19. The fraction of sp³-hybridized carbons (Fsp3) is 0.467. The number of alkyl halides is 3. The summed E-state index contributed by atoms with van der Waals surface area (Å²) in [6, 6.07) is 1.12. The van der Waals surface area contributed by atoms with Crippen molar-refractivity contribution < 1.29 is 17.9 Å². The van der Waals surface area contributed by atoms with Gasteiger partial charge in [0.05, 0.1) is 17.9 Å². The van der Waals surface area contributed by atoms with Crippen LogP contribution < -0.4 is 16.2 Å². The van der Waals surface area contributed by atoms with Crippen molar-refractivity contribution in [1.29, 1.82) is 0 Å². The highest BCUT2D eigenvalue weighted by Gasteiger charge is 2.35. The van der Waals surface area contributed by atoms with Crippen molar-refractivity contribution in [2.75, 3.05) is 30.9 Å². The monoisotopic (exact) mass is 370 g/mol. The molecule has 8 nitrogen and oxygen atoms in total. The minimum absolute atomic E-state index is 0.0176. The Morgan fingerprint density at radius 1 is 1.27 bits per heavy atom. The molecule has 2 aromatic rings. The molecule has 0 aliphatic carbocycles. The molecular weight excluding hydrogens is 353 g/mol. The third-order valence-electron chi connectivity index (χ3n) is 3.94. The van der Waals surface area contributed by atoms with E-state index in [-0.39, 0.29) is 17.7 Å². The van der Waals surface area contributed by atoms with E-state index >= 15 is 0 Å². The van der Waals surface area contributed by atoms with Gasteiger partial charge in [-0.05, 0) is 12.8 Å². The summed E-state index contributed by atoms with van der Waals surface area (Å²) in [7, 11) is 1.49. The van der Waals surface area contributed by atoms with Crippen molar-refractivity contribution in [3.8, 4) is 0 Å². The Morgan fingerprint density at radius 2 is 2.00 bits per heavy atom. The molecule has 0 radical (unpaired) electrons. The van der Waals surface area contributed by atoms with E-state index in [1.54, 1.807) is 0 Å². The molecule has 1 aliphatic rings. The summed E-state index contributed by atoms with van der Waals surface area (Å²) in [5.74, 6) is -0.439. The van der Waals surface area contributed by atoms with Crippen LogP contribution in [0.2, 0.25) is 0 Å². The quantitative estimate of drug-likeness (QED) is 0.852. The van der Waals surface area contributed by atoms with E-state index in [0.717, 1.165) is 0 Å². The van der Waals surface area contributed by atoms with E-state index in [4.69, 9.17) is 4.74 Å². The molecule has 1 saturated heterocycles. The molecule has 11 heteroatoms. The minimum atomic E-state index is -4.64. The summed E-state index contributed by atoms with van der Waals surface area (Å²) in [5.41, 5.74) is -1.33. The number of nitrogens with one attached hydrogen (secondary N) is 2. The first-order valence-corrected chi connectivity index (χ1v) is 7.94. The number of hydrogen-bond donors (Lipinski definition) is 2. The van der Waals surface area contributed by atoms with E-state index in [9.17, 15) is 18.0 Å². The fourth-order valence-corrected chi connectivity index (χ4v) is 2.63. The van der Waals surface area contributed by atoms with E-state index in [2.05, 4.69) is 25.7 Å². The molecule has 140 valence electrons. The largest absolute Gasteiger partial charge is 0.421 e. The molecule has 0 aromatic carbocycles. The highest BCUT2D eigenvalue weighted by molar-refractivity contribution is 5.59. The third kappa shape index (κ3) is 3.93. The van der Waals surface area contributed by atoms with Crippen molar-refractivity contribution in [1.82, 2.24) is 19.7 Å². The Kier molecular flexibility index (Phi) is 5.07. The zero-order chi connectivity index (χ0) is 18.7. The Hall–Kier alpha value is -2.69. The van der Waals surface area contributed by atoms with Crippen LogP contribution >= 0.6 is 0 Å². The molecule has 0 unspecified atom stereocenters. The van der Waals surface area contributed by atoms with Crippen LogP contribution in [0, 0.1) is 0 Å². The topological polar surface area (TPSA) is 94.0 Å². The molecule has 0 saturated carbocycles. The molecule has 0 bridgehead atoms. The van der Waals surface area contributed by atoms with Crippen LogP contribution in [0.15, 0.2) is 23.3 Å². The van der Waals surface area contributed by atoms with Gasteiger partial charge in [0.15, 0.2) is 0 Å². The Labute approximate surface area is 146 Å². The zero-order valence-electron chi connectivity index (χ0n) is 13.9. The predicted molar refractivity (Wildman–Crippen MR) is 87.5 cm³/mol. The van der Waals surface area contributed by atoms with Crippen molar-refractivity contribution in [3.05, 3.63) is 34.4 Å². The van der Waals surface area contributed by atoms with E-state index in [0.29, 0.717) is 32.3 Å². The average molecular weight is 370 g/mol. The van der Waals surface area contributed by atoms with Gasteiger partial charge in [0.1, 0.15) is 11.4 Å². The number of aromatic nitrogens is 4. The maximum atomic E-state index is 13.1. The summed E-state index contributed by atoms with van der Waals surface area (Å²) < 4.78 is 46.0. The van der Waals surface area contributed by atoms with Gasteiger partial charge in [-0.3, -0.25) is 4.79 Å². The Bertz CT molecular complexity index is 833. The normalized spacial score (nSPS) is 15.7. The second-order valence-electron chi connectivity index (χ2n) is 5.70. The number of anilines is 3. The van der Waals surface area contributed by atoms with Gasteiger partial charge in [0.2, 0.25) is 5.95 Å². The molecule has 2 N–H and O–H groups in total. The standard InChI is InChI=1S/C15H17F3N6O2/c1-19-14-20-8-11(15(16,17)18)13(23-14)22-9-6-12(25)24(21-7-9)10-2-4-26-5-3-10/h6-8,10H,2-5H2,1H3,(H2,19,20,22,23). The summed E-state index contributed by atoms with van der Waals surface area (Å²) in [4.78, 5) is 19.7. The molecule has 1 aliphatic heterocycles. The number of nitrogens with zero attached hydrogens (tertiary/aromatic N) is 4. The molecule has 0 atom stereocenters. The molecule has 3 heterocycles. The van der Waals surface area contributed by atoms with Gasteiger partial charge in [-0.25, -0.2) is 9.67 Å². The van der Waals surface area contributed by atoms with Crippen LogP contribution in [0.3, 0.4) is 0 Å². The maximum Gasteiger partial charge on any atom is 0.421 e. The van der Waals surface area contributed by atoms with Gasteiger partial charge in [-0.1, -0.05) is 0 Å². The van der Waals surface area contributed by atoms with Crippen LogP contribution in [-0.4, -0.2) is 40.0 Å². The van der Waals surface area contributed by atoms with Gasteiger partial charge in [0, 0.05) is 32.5 Å². The summed E-state index contributed by atoms with van der Waals surface area (Å²) in [6.07, 6.45) is -1.33. The number of rotatable bonds is 4. The van der Waals surface area contributed by atoms with Crippen molar-refractivity contribution in [3.63, 3.8) is 0 Å². The second kappa shape index (κ2) is 7.28. The van der Waals surface area contributed by atoms with Crippen molar-refractivity contribution >= 4 is 17.5 Å². The molecule has 0 amide bonds. The van der Waals surface area contributed by atoms with Gasteiger partial charge >= 0.3 is 6.18 Å². The van der Waals surface area contributed by atoms with Crippen LogP contribution in [0.1, 0.15) is 24.4 Å². The average Bonchev–Trinajstić information content (AvgIpc) is 2.61. The molecule has 2 aromatic heterocycles. The summed E-state index contributed by atoms with van der Waals surface area (Å²) in [6.45, 7) is 1.09. The Balaban J connectivity index is 1.89. The first-order valence-electron chi connectivity index (χ1n) is 7.94. The number of hydrogen-bond acceptors (Lipinski definition) is 7. The maximum absolute atomic E-state index is 13.1. The van der Waals surface area contributed by atoms with Crippen molar-refractivity contribution in [2.45, 2.75) is 25.1 Å². The van der Waals surface area contributed by atoms with Crippen LogP contribution in [-0.2, 0) is 10.9 Å². The fourth-order valence-electron chi connectivity index (χ4n) is 2.63. The first-order chi connectivity index (χ1) is 12.4. The van der Waals surface area contributed by atoms with Crippen molar-refractivity contribution in [2.24, 2.45) is 0 Å². The van der Waals surface area contributed by atoms with Crippen LogP contribution in [0.25, 0.3) is 0 Å². The van der Waals surface area contributed by atoms with Gasteiger partial charge in [-0.2, -0.15) is 23.3 Å². The van der Waals surface area contributed by atoms with Gasteiger partial charge in [0.25, 0.3) is 5.56 Å². The molecule has 1 fully saturated rings.